The van der Waals surface area contributed by atoms with Gasteiger partial charge >= 0.3 is 0 Å². The second kappa shape index (κ2) is 7.70. The summed E-state index contributed by atoms with van der Waals surface area (Å²) in [6.45, 7) is 2.11. The standard InChI is InChI=1S/C20H21BrN4O2/c1-25-10-8-16(9-11-25)27-15-5-2-13(3-6-15)20(26)22-19-17-7-4-14(21)12-18(17)23-24-19/h2-7,12,16H,8-11H2,1H3,(H2,22,23,24,26). The van der Waals surface area contributed by atoms with Gasteiger partial charge in [-0.3, -0.25) is 9.89 Å². The van der Waals surface area contributed by atoms with Gasteiger partial charge in [-0.05, 0) is 62.4 Å². The summed E-state index contributed by atoms with van der Waals surface area (Å²) in [7, 11) is 2.13. The predicted octanol–water partition coefficient (Wildman–Crippen LogP) is 4.05. The van der Waals surface area contributed by atoms with Crippen LogP contribution in [0.3, 0.4) is 0 Å². The molecule has 1 aliphatic rings. The Hall–Kier alpha value is -2.38. The fourth-order valence-corrected chi connectivity index (χ4v) is 3.61. The molecule has 1 aromatic heterocycles. The van der Waals surface area contributed by atoms with Crippen molar-refractivity contribution >= 4 is 38.6 Å². The molecule has 0 aliphatic carbocycles. The summed E-state index contributed by atoms with van der Waals surface area (Å²) >= 11 is 3.42. The van der Waals surface area contributed by atoms with Crippen LogP contribution in [0.1, 0.15) is 23.2 Å². The van der Waals surface area contributed by atoms with Crippen LogP contribution in [0.5, 0.6) is 5.75 Å². The zero-order valence-electron chi connectivity index (χ0n) is 15.0. The molecule has 0 atom stereocenters. The van der Waals surface area contributed by atoms with Gasteiger partial charge in [0.1, 0.15) is 11.9 Å². The van der Waals surface area contributed by atoms with Gasteiger partial charge in [-0.2, -0.15) is 5.10 Å². The fourth-order valence-electron chi connectivity index (χ4n) is 3.25. The molecule has 0 radical (unpaired) electrons. The third-order valence-electron chi connectivity index (χ3n) is 4.84. The first-order valence-electron chi connectivity index (χ1n) is 8.99. The Morgan fingerprint density at radius 3 is 2.70 bits per heavy atom. The van der Waals surface area contributed by atoms with Crippen LogP contribution in [0.25, 0.3) is 10.9 Å². The number of ether oxygens (including phenoxy) is 1. The Kier molecular flexibility index (Phi) is 5.13. The molecule has 1 amide bonds. The molecule has 2 heterocycles. The maximum absolute atomic E-state index is 12.5. The van der Waals surface area contributed by atoms with Crippen LogP contribution in [0.2, 0.25) is 0 Å². The van der Waals surface area contributed by atoms with Crippen molar-refractivity contribution < 1.29 is 9.53 Å². The topological polar surface area (TPSA) is 70.2 Å². The lowest BCUT2D eigenvalue weighted by Gasteiger charge is -2.29. The van der Waals surface area contributed by atoms with Crippen LogP contribution >= 0.6 is 15.9 Å². The molecular formula is C20H21BrN4O2. The number of nitrogens with zero attached hydrogens (tertiary/aromatic N) is 2. The number of halogens is 1. The molecular weight excluding hydrogens is 408 g/mol. The average molecular weight is 429 g/mol. The van der Waals surface area contributed by atoms with E-state index in [1.807, 2.05) is 30.3 Å². The maximum atomic E-state index is 12.5. The number of hydrogen-bond acceptors (Lipinski definition) is 4. The van der Waals surface area contributed by atoms with E-state index in [0.717, 1.165) is 47.1 Å². The van der Waals surface area contributed by atoms with Crippen LogP contribution in [0.4, 0.5) is 5.82 Å². The number of amides is 1. The minimum absolute atomic E-state index is 0.197. The summed E-state index contributed by atoms with van der Waals surface area (Å²) in [6.07, 6.45) is 2.30. The van der Waals surface area contributed by atoms with Crippen LogP contribution in [0, 0.1) is 0 Å². The van der Waals surface area contributed by atoms with E-state index in [1.165, 1.54) is 0 Å². The second-order valence-corrected chi connectivity index (χ2v) is 7.78. The van der Waals surface area contributed by atoms with Gasteiger partial charge in [-0.15, -0.1) is 0 Å². The normalized spacial score (nSPS) is 15.8. The highest BCUT2D eigenvalue weighted by Gasteiger charge is 2.18. The molecule has 0 saturated carbocycles. The number of nitrogens with one attached hydrogen (secondary N) is 2. The van der Waals surface area contributed by atoms with Gasteiger partial charge in [-0.25, -0.2) is 0 Å². The van der Waals surface area contributed by atoms with E-state index in [0.29, 0.717) is 11.4 Å². The minimum atomic E-state index is -0.197. The summed E-state index contributed by atoms with van der Waals surface area (Å²) in [4.78, 5) is 14.8. The fraction of sp³-hybridized carbons (Fsp3) is 0.300. The highest BCUT2D eigenvalue weighted by Crippen LogP contribution is 2.25. The van der Waals surface area contributed by atoms with Gasteiger partial charge in [-0.1, -0.05) is 15.9 Å². The number of hydrogen-bond donors (Lipinski definition) is 2. The molecule has 1 fully saturated rings. The zero-order valence-corrected chi connectivity index (χ0v) is 16.6. The number of carbonyl (C=O) groups excluding carboxylic acids is 1. The molecule has 0 bridgehead atoms. The lowest BCUT2D eigenvalue weighted by atomic mass is 10.1. The number of H-pyrrole nitrogens is 1. The first-order valence-corrected chi connectivity index (χ1v) is 9.78. The number of rotatable bonds is 4. The van der Waals surface area contributed by atoms with E-state index >= 15 is 0 Å². The van der Waals surface area contributed by atoms with E-state index in [2.05, 4.69) is 43.4 Å². The lowest BCUT2D eigenvalue weighted by Crippen LogP contribution is -2.35. The van der Waals surface area contributed by atoms with E-state index in [1.54, 1.807) is 12.1 Å². The first kappa shape index (κ1) is 18.0. The number of aromatic amines is 1. The molecule has 1 saturated heterocycles. The highest BCUT2D eigenvalue weighted by molar-refractivity contribution is 9.10. The summed E-state index contributed by atoms with van der Waals surface area (Å²) in [5, 5.41) is 10.9. The van der Waals surface area contributed by atoms with Crippen LogP contribution < -0.4 is 10.1 Å². The Bertz CT molecular complexity index is 946. The molecule has 27 heavy (non-hydrogen) atoms. The number of likely N-dealkylation sites (tertiary alicyclic amines) is 1. The molecule has 3 aromatic rings. The van der Waals surface area contributed by atoms with Crippen molar-refractivity contribution in [2.24, 2.45) is 0 Å². The van der Waals surface area contributed by atoms with Crippen LogP contribution in [0.15, 0.2) is 46.9 Å². The zero-order chi connectivity index (χ0) is 18.8. The summed E-state index contributed by atoms with van der Waals surface area (Å²) in [5.41, 5.74) is 1.43. The first-order chi connectivity index (χ1) is 13.1. The number of benzene rings is 2. The molecule has 1 aliphatic heterocycles. The Balaban J connectivity index is 1.41. The molecule has 0 spiro atoms. The molecule has 2 aromatic carbocycles. The van der Waals surface area contributed by atoms with Crippen molar-refractivity contribution in [2.75, 3.05) is 25.5 Å². The third-order valence-corrected chi connectivity index (χ3v) is 5.33. The summed E-state index contributed by atoms with van der Waals surface area (Å²) in [6, 6.07) is 13.0. The van der Waals surface area contributed by atoms with Gasteiger partial charge in [0.2, 0.25) is 0 Å². The molecule has 140 valence electrons. The molecule has 6 nitrogen and oxygen atoms in total. The van der Waals surface area contributed by atoms with Crippen molar-refractivity contribution in [3.05, 3.63) is 52.5 Å². The number of carbonyl (C=O) groups is 1. The lowest BCUT2D eigenvalue weighted by molar-refractivity contribution is 0.102. The van der Waals surface area contributed by atoms with E-state index in [-0.39, 0.29) is 12.0 Å². The number of piperidine rings is 1. The van der Waals surface area contributed by atoms with Crippen molar-refractivity contribution in [1.29, 1.82) is 0 Å². The largest absolute Gasteiger partial charge is 0.490 e. The van der Waals surface area contributed by atoms with Crippen LogP contribution in [-0.4, -0.2) is 47.2 Å². The number of fused-ring (bicyclic) bond motifs is 1. The van der Waals surface area contributed by atoms with Gasteiger partial charge in [0.25, 0.3) is 5.91 Å². The third kappa shape index (κ3) is 4.14. The Labute approximate surface area is 166 Å². The van der Waals surface area contributed by atoms with E-state index in [9.17, 15) is 4.79 Å². The van der Waals surface area contributed by atoms with Gasteiger partial charge in [0.15, 0.2) is 5.82 Å². The molecule has 2 N–H and O–H groups in total. The van der Waals surface area contributed by atoms with E-state index in [4.69, 9.17) is 4.74 Å². The Morgan fingerprint density at radius 1 is 1.22 bits per heavy atom. The van der Waals surface area contributed by atoms with Crippen molar-refractivity contribution in [3.63, 3.8) is 0 Å². The van der Waals surface area contributed by atoms with Gasteiger partial charge < -0.3 is 15.0 Å². The number of anilines is 1. The monoisotopic (exact) mass is 428 g/mol. The van der Waals surface area contributed by atoms with E-state index < -0.39 is 0 Å². The summed E-state index contributed by atoms with van der Waals surface area (Å²) in [5.74, 6) is 1.13. The SMILES string of the molecule is CN1CCC(Oc2ccc(C(=O)Nc3n[nH]c4cc(Br)ccc34)cc2)CC1. The highest BCUT2D eigenvalue weighted by atomic mass is 79.9. The second-order valence-electron chi connectivity index (χ2n) is 6.86. The van der Waals surface area contributed by atoms with Crippen molar-refractivity contribution in [2.45, 2.75) is 18.9 Å². The summed E-state index contributed by atoms with van der Waals surface area (Å²) < 4.78 is 6.99. The average Bonchev–Trinajstić information content (AvgIpc) is 3.06. The van der Waals surface area contributed by atoms with Crippen molar-refractivity contribution in [3.8, 4) is 5.75 Å². The maximum Gasteiger partial charge on any atom is 0.256 e. The quantitative estimate of drug-likeness (QED) is 0.657. The Morgan fingerprint density at radius 2 is 1.96 bits per heavy atom. The molecule has 0 unspecified atom stereocenters. The molecule has 7 heteroatoms. The molecule has 4 rings (SSSR count). The predicted molar refractivity (Wildman–Crippen MR) is 109 cm³/mol. The van der Waals surface area contributed by atoms with Gasteiger partial charge in [0.05, 0.1) is 5.52 Å². The minimum Gasteiger partial charge on any atom is -0.490 e. The van der Waals surface area contributed by atoms with Crippen molar-refractivity contribution in [1.82, 2.24) is 15.1 Å². The van der Waals surface area contributed by atoms with Gasteiger partial charge in [0, 0.05) is 28.5 Å². The van der Waals surface area contributed by atoms with Crippen LogP contribution in [-0.2, 0) is 0 Å². The smallest absolute Gasteiger partial charge is 0.256 e. The number of aromatic nitrogens is 2.